The Labute approximate surface area is 159 Å². The molecule has 3 rings (SSSR count). The third kappa shape index (κ3) is 4.03. The van der Waals surface area contributed by atoms with Gasteiger partial charge in [0.25, 0.3) is 5.91 Å². The molecule has 1 atom stereocenters. The average Bonchev–Trinajstić information content (AvgIpc) is 2.65. The highest BCUT2D eigenvalue weighted by Crippen LogP contribution is 2.26. The van der Waals surface area contributed by atoms with E-state index >= 15 is 0 Å². The van der Waals surface area contributed by atoms with Crippen molar-refractivity contribution in [1.29, 1.82) is 0 Å². The molecule has 0 unspecified atom stereocenters. The maximum atomic E-state index is 12.2. The van der Waals surface area contributed by atoms with Crippen LogP contribution in [0, 0.1) is 0 Å². The van der Waals surface area contributed by atoms with Crippen LogP contribution in [0.5, 0.6) is 11.5 Å². The van der Waals surface area contributed by atoms with Crippen molar-refractivity contribution in [1.82, 2.24) is 5.43 Å². The monoisotopic (exact) mass is 412 g/mol. The quantitative estimate of drug-likeness (QED) is 0.486. The molecule has 3 aromatic rings. The van der Waals surface area contributed by atoms with E-state index in [1.54, 1.807) is 19.1 Å². The summed E-state index contributed by atoms with van der Waals surface area (Å²) in [7, 11) is 0. The van der Waals surface area contributed by atoms with Gasteiger partial charge >= 0.3 is 0 Å². The first-order valence-electron chi connectivity index (χ1n) is 8.01. The van der Waals surface area contributed by atoms with Gasteiger partial charge in [0.1, 0.15) is 11.5 Å². The van der Waals surface area contributed by atoms with Gasteiger partial charge in [0.15, 0.2) is 6.10 Å². The molecule has 0 heterocycles. The molecule has 132 valence electrons. The first-order chi connectivity index (χ1) is 12.6. The average molecular weight is 413 g/mol. The first kappa shape index (κ1) is 17.9. The number of benzene rings is 3. The fourth-order valence-electron chi connectivity index (χ4n) is 2.46. The number of hydrogen-bond acceptors (Lipinski definition) is 4. The molecule has 0 spiro atoms. The summed E-state index contributed by atoms with van der Waals surface area (Å²) in [6.45, 7) is 1.64. The third-order valence-corrected chi connectivity index (χ3v) is 4.48. The lowest BCUT2D eigenvalue weighted by Gasteiger charge is -2.14. The molecule has 3 aromatic carbocycles. The molecule has 5 nitrogen and oxygen atoms in total. The Morgan fingerprint density at radius 3 is 2.69 bits per heavy atom. The minimum atomic E-state index is -0.730. The molecular formula is C20H17BrN2O3. The number of amides is 1. The molecule has 0 aliphatic carbocycles. The summed E-state index contributed by atoms with van der Waals surface area (Å²) in [5.41, 5.74) is 2.99. The number of carbonyl (C=O) groups is 1. The van der Waals surface area contributed by atoms with Crippen LogP contribution in [0.2, 0.25) is 0 Å². The molecule has 0 aromatic heterocycles. The molecule has 0 bridgehead atoms. The molecule has 0 saturated heterocycles. The van der Waals surface area contributed by atoms with E-state index in [1.807, 2.05) is 48.5 Å². The fraction of sp³-hybridized carbons (Fsp3) is 0.100. The summed E-state index contributed by atoms with van der Waals surface area (Å²) in [6.07, 6.45) is 0.702. The van der Waals surface area contributed by atoms with Gasteiger partial charge in [0.2, 0.25) is 0 Å². The van der Waals surface area contributed by atoms with Crippen molar-refractivity contribution in [2.24, 2.45) is 5.10 Å². The third-order valence-electron chi connectivity index (χ3n) is 3.83. The van der Waals surface area contributed by atoms with E-state index in [1.165, 1.54) is 6.21 Å². The summed E-state index contributed by atoms with van der Waals surface area (Å²) < 4.78 is 6.39. The van der Waals surface area contributed by atoms with E-state index in [0.717, 1.165) is 15.2 Å². The Kier molecular flexibility index (Phi) is 5.53. The standard InChI is InChI=1S/C20H17BrN2O3/c1-13(26-19-9-5-4-8-17(19)21)20(25)23-22-12-16-15-7-3-2-6-14(15)10-11-18(16)24/h2-13,24H,1H3,(H,23,25)/b22-12-/t13-/m1/s1. The first-order valence-corrected chi connectivity index (χ1v) is 8.80. The van der Waals surface area contributed by atoms with Crippen molar-refractivity contribution in [3.05, 3.63) is 70.7 Å². The van der Waals surface area contributed by atoms with Gasteiger partial charge in [0, 0.05) is 5.56 Å². The number of aromatic hydroxyl groups is 1. The summed E-state index contributed by atoms with van der Waals surface area (Å²) in [6, 6.07) is 18.4. The van der Waals surface area contributed by atoms with E-state index in [-0.39, 0.29) is 5.75 Å². The van der Waals surface area contributed by atoms with E-state index in [2.05, 4.69) is 26.5 Å². The molecular weight excluding hydrogens is 396 g/mol. The van der Waals surface area contributed by atoms with E-state index in [4.69, 9.17) is 4.74 Å². The van der Waals surface area contributed by atoms with Gasteiger partial charge in [-0.15, -0.1) is 0 Å². The number of hydrazone groups is 1. The van der Waals surface area contributed by atoms with Gasteiger partial charge in [-0.05, 0) is 51.8 Å². The van der Waals surface area contributed by atoms with Crippen LogP contribution in [0.4, 0.5) is 0 Å². The summed E-state index contributed by atoms with van der Waals surface area (Å²) >= 11 is 3.37. The normalized spacial score (nSPS) is 12.2. The molecule has 1 amide bonds. The SMILES string of the molecule is C[C@@H](Oc1ccccc1Br)C(=O)N/N=C\c1c(O)ccc2ccccc12. The fourth-order valence-corrected chi connectivity index (χ4v) is 2.83. The lowest BCUT2D eigenvalue weighted by atomic mass is 10.0. The van der Waals surface area contributed by atoms with Crippen molar-refractivity contribution >= 4 is 38.8 Å². The summed E-state index contributed by atoms with van der Waals surface area (Å²) in [4.78, 5) is 12.2. The van der Waals surface area contributed by atoms with Crippen LogP contribution in [-0.2, 0) is 4.79 Å². The topological polar surface area (TPSA) is 70.9 Å². The molecule has 0 aliphatic rings. The Morgan fingerprint density at radius 1 is 1.15 bits per heavy atom. The van der Waals surface area contributed by atoms with Gasteiger partial charge in [-0.2, -0.15) is 5.10 Å². The molecule has 0 fully saturated rings. The Hall–Kier alpha value is -2.86. The second-order valence-electron chi connectivity index (χ2n) is 5.64. The highest BCUT2D eigenvalue weighted by molar-refractivity contribution is 9.10. The van der Waals surface area contributed by atoms with E-state index in [9.17, 15) is 9.90 Å². The van der Waals surface area contributed by atoms with Crippen LogP contribution in [0.15, 0.2) is 70.2 Å². The molecule has 2 N–H and O–H groups in total. The van der Waals surface area contributed by atoms with Crippen LogP contribution in [0.25, 0.3) is 10.8 Å². The zero-order valence-electron chi connectivity index (χ0n) is 14.0. The van der Waals surface area contributed by atoms with Crippen LogP contribution < -0.4 is 10.2 Å². The number of para-hydroxylation sites is 1. The molecule has 0 aliphatic heterocycles. The van der Waals surface area contributed by atoms with Gasteiger partial charge in [-0.3, -0.25) is 4.79 Å². The number of nitrogens with zero attached hydrogens (tertiary/aromatic N) is 1. The van der Waals surface area contributed by atoms with Crippen LogP contribution >= 0.6 is 15.9 Å². The number of phenolic OH excluding ortho intramolecular Hbond substituents is 1. The highest BCUT2D eigenvalue weighted by Gasteiger charge is 2.15. The molecule has 0 saturated carbocycles. The molecule has 26 heavy (non-hydrogen) atoms. The Bertz CT molecular complexity index is 972. The number of phenols is 1. The predicted octanol–water partition coefficient (Wildman–Crippen LogP) is 4.23. The number of fused-ring (bicyclic) bond motifs is 1. The minimum absolute atomic E-state index is 0.0965. The number of hydrogen-bond donors (Lipinski definition) is 2. The number of ether oxygens (including phenoxy) is 1. The van der Waals surface area contributed by atoms with E-state index < -0.39 is 12.0 Å². The van der Waals surface area contributed by atoms with Gasteiger partial charge in [-0.1, -0.05) is 42.5 Å². The van der Waals surface area contributed by atoms with Gasteiger partial charge < -0.3 is 9.84 Å². The van der Waals surface area contributed by atoms with Crippen molar-refractivity contribution in [2.75, 3.05) is 0 Å². The second-order valence-corrected chi connectivity index (χ2v) is 6.50. The second kappa shape index (κ2) is 8.01. The smallest absolute Gasteiger partial charge is 0.280 e. The molecule has 0 radical (unpaired) electrons. The van der Waals surface area contributed by atoms with Crippen LogP contribution in [0.3, 0.4) is 0 Å². The lowest BCUT2D eigenvalue weighted by Crippen LogP contribution is -2.33. The van der Waals surface area contributed by atoms with Crippen molar-refractivity contribution < 1.29 is 14.6 Å². The number of nitrogens with one attached hydrogen (secondary N) is 1. The van der Waals surface area contributed by atoms with Crippen molar-refractivity contribution in [3.63, 3.8) is 0 Å². The highest BCUT2D eigenvalue weighted by atomic mass is 79.9. The predicted molar refractivity (Wildman–Crippen MR) is 106 cm³/mol. The van der Waals surface area contributed by atoms with Gasteiger partial charge in [0.05, 0.1) is 10.7 Å². The minimum Gasteiger partial charge on any atom is -0.507 e. The van der Waals surface area contributed by atoms with Crippen LogP contribution in [0.1, 0.15) is 12.5 Å². The zero-order chi connectivity index (χ0) is 18.5. The Balaban J connectivity index is 1.70. The lowest BCUT2D eigenvalue weighted by molar-refractivity contribution is -0.127. The number of halogens is 1. The summed E-state index contributed by atoms with van der Waals surface area (Å²) in [5.74, 6) is 0.279. The Morgan fingerprint density at radius 2 is 1.88 bits per heavy atom. The largest absolute Gasteiger partial charge is 0.507 e. The number of carbonyl (C=O) groups excluding carboxylic acids is 1. The number of rotatable bonds is 5. The van der Waals surface area contributed by atoms with Crippen molar-refractivity contribution in [2.45, 2.75) is 13.0 Å². The maximum Gasteiger partial charge on any atom is 0.280 e. The summed E-state index contributed by atoms with van der Waals surface area (Å²) in [5, 5.41) is 15.9. The van der Waals surface area contributed by atoms with Gasteiger partial charge in [-0.25, -0.2) is 5.43 Å². The zero-order valence-corrected chi connectivity index (χ0v) is 15.6. The maximum absolute atomic E-state index is 12.2. The molecule has 6 heteroatoms. The van der Waals surface area contributed by atoms with E-state index in [0.29, 0.717) is 11.3 Å². The van der Waals surface area contributed by atoms with Crippen molar-refractivity contribution in [3.8, 4) is 11.5 Å². The van der Waals surface area contributed by atoms with Crippen LogP contribution in [-0.4, -0.2) is 23.3 Å².